The van der Waals surface area contributed by atoms with Gasteiger partial charge in [-0.1, -0.05) is 23.7 Å². The average molecular weight is 320 g/mol. The van der Waals surface area contributed by atoms with Gasteiger partial charge in [0.25, 0.3) is 0 Å². The summed E-state index contributed by atoms with van der Waals surface area (Å²) in [5, 5.41) is -0.293. The first-order valence-electron chi connectivity index (χ1n) is 5.83. The molecule has 2 aromatic rings. The van der Waals surface area contributed by atoms with Gasteiger partial charge in [0.15, 0.2) is 0 Å². The SMILES string of the molecule is CN(Cc1ccc(F)cc1)c1cc(Cl)nc(C(F)(F)F)n1. The van der Waals surface area contributed by atoms with Crippen LogP contribution in [0.4, 0.5) is 23.4 Å². The van der Waals surface area contributed by atoms with Crippen molar-refractivity contribution in [3.8, 4) is 0 Å². The summed E-state index contributed by atoms with van der Waals surface area (Å²) < 4.78 is 50.7. The zero-order chi connectivity index (χ0) is 15.6. The number of hydrogen-bond donors (Lipinski definition) is 0. The van der Waals surface area contributed by atoms with E-state index in [0.29, 0.717) is 0 Å². The number of rotatable bonds is 3. The zero-order valence-electron chi connectivity index (χ0n) is 10.8. The molecule has 0 N–H and O–H groups in total. The number of aromatic nitrogens is 2. The summed E-state index contributed by atoms with van der Waals surface area (Å²) in [5.41, 5.74) is 0.724. The minimum atomic E-state index is -4.67. The van der Waals surface area contributed by atoms with E-state index in [1.807, 2.05) is 0 Å². The Labute approximate surface area is 123 Å². The molecule has 0 aliphatic heterocycles. The fourth-order valence-corrected chi connectivity index (χ4v) is 1.85. The molecular formula is C13H10ClF4N3. The van der Waals surface area contributed by atoms with Crippen molar-refractivity contribution >= 4 is 17.4 Å². The summed E-state index contributed by atoms with van der Waals surface area (Å²) in [5.74, 6) is -1.64. The fraction of sp³-hybridized carbons (Fsp3) is 0.231. The summed E-state index contributed by atoms with van der Waals surface area (Å²) >= 11 is 5.60. The molecule has 0 fully saturated rings. The molecule has 0 spiro atoms. The predicted octanol–water partition coefficient (Wildman–Crippen LogP) is 3.92. The Morgan fingerprint density at radius 3 is 2.33 bits per heavy atom. The molecule has 8 heteroatoms. The minimum absolute atomic E-state index is 0.0339. The summed E-state index contributed by atoms with van der Waals surface area (Å²) in [6.07, 6.45) is -4.67. The molecule has 1 aromatic heterocycles. The Morgan fingerprint density at radius 1 is 1.14 bits per heavy atom. The summed E-state index contributed by atoms with van der Waals surface area (Å²) in [4.78, 5) is 8.08. The van der Waals surface area contributed by atoms with Crippen LogP contribution in [-0.4, -0.2) is 17.0 Å². The molecule has 0 saturated carbocycles. The van der Waals surface area contributed by atoms with E-state index in [4.69, 9.17) is 11.6 Å². The molecule has 0 saturated heterocycles. The maximum absolute atomic E-state index is 12.8. The highest BCUT2D eigenvalue weighted by molar-refractivity contribution is 6.29. The first kappa shape index (κ1) is 15.5. The van der Waals surface area contributed by atoms with Gasteiger partial charge in [-0.2, -0.15) is 13.2 Å². The molecule has 3 nitrogen and oxygen atoms in total. The third-order valence-electron chi connectivity index (χ3n) is 2.66. The molecule has 1 heterocycles. The number of nitrogens with zero attached hydrogens (tertiary/aromatic N) is 3. The van der Waals surface area contributed by atoms with Crippen molar-refractivity contribution in [3.63, 3.8) is 0 Å². The normalized spacial score (nSPS) is 11.5. The second-order valence-corrected chi connectivity index (χ2v) is 4.74. The Bertz CT molecular complexity index is 628. The molecule has 21 heavy (non-hydrogen) atoms. The van der Waals surface area contributed by atoms with E-state index in [2.05, 4.69) is 9.97 Å². The predicted molar refractivity (Wildman–Crippen MR) is 70.6 cm³/mol. The van der Waals surface area contributed by atoms with Crippen LogP contribution in [0.3, 0.4) is 0 Å². The van der Waals surface area contributed by atoms with E-state index < -0.39 is 12.0 Å². The smallest absolute Gasteiger partial charge is 0.355 e. The Kier molecular flexibility index (Phi) is 4.32. The van der Waals surface area contributed by atoms with Gasteiger partial charge in [-0.25, -0.2) is 14.4 Å². The van der Waals surface area contributed by atoms with Gasteiger partial charge >= 0.3 is 6.18 Å². The van der Waals surface area contributed by atoms with Gasteiger partial charge in [-0.3, -0.25) is 0 Å². The molecule has 0 radical (unpaired) electrons. The van der Waals surface area contributed by atoms with Gasteiger partial charge in [0, 0.05) is 19.7 Å². The summed E-state index contributed by atoms with van der Waals surface area (Å²) in [7, 11) is 1.56. The minimum Gasteiger partial charge on any atom is -0.355 e. The first-order chi connectivity index (χ1) is 9.75. The van der Waals surface area contributed by atoms with Crippen LogP contribution in [0.5, 0.6) is 0 Å². The standard InChI is InChI=1S/C13H10ClF4N3/c1-21(7-8-2-4-9(15)5-3-8)11-6-10(14)19-12(20-11)13(16,17)18/h2-6H,7H2,1H3. The molecular weight excluding hydrogens is 310 g/mol. The van der Waals surface area contributed by atoms with E-state index in [1.165, 1.54) is 23.1 Å². The van der Waals surface area contributed by atoms with Crippen LogP contribution in [0.25, 0.3) is 0 Å². The number of halogens is 5. The van der Waals surface area contributed by atoms with Gasteiger partial charge in [0.05, 0.1) is 0 Å². The van der Waals surface area contributed by atoms with Crippen molar-refractivity contribution in [1.29, 1.82) is 0 Å². The summed E-state index contributed by atoms with van der Waals surface area (Å²) in [6, 6.07) is 6.87. The second-order valence-electron chi connectivity index (χ2n) is 4.35. The Hall–Kier alpha value is -1.89. The molecule has 2 rings (SSSR count). The average Bonchev–Trinajstić information content (AvgIpc) is 2.39. The quantitative estimate of drug-likeness (QED) is 0.634. The van der Waals surface area contributed by atoms with Crippen LogP contribution in [0.15, 0.2) is 30.3 Å². The highest BCUT2D eigenvalue weighted by Crippen LogP contribution is 2.29. The van der Waals surface area contributed by atoms with Crippen LogP contribution in [0.2, 0.25) is 5.15 Å². The van der Waals surface area contributed by atoms with Crippen LogP contribution in [0.1, 0.15) is 11.4 Å². The number of benzene rings is 1. The van der Waals surface area contributed by atoms with Gasteiger partial charge in [0.2, 0.25) is 5.82 Å². The van der Waals surface area contributed by atoms with Crippen molar-refractivity contribution in [1.82, 2.24) is 9.97 Å². The van der Waals surface area contributed by atoms with E-state index in [0.717, 1.165) is 5.56 Å². The third kappa shape index (κ3) is 4.04. The first-order valence-corrected chi connectivity index (χ1v) is 6.21. The van der Waals surface area contributed by atoms with E-state index >= 15 is 0 Å². The molecule has 0 bridgehead atoms. The highest BCUT2D eigenvalue weighted by Gasteiger charge is 2.35. The van der Waals surface area contributed by atoms with Crippen molar-refractivity contribution in [2.75, 3.05) is 11.9 Å². The van der Waals surface area contributed by atoms with Crippen LogP contribution in [-0.2, 0) is 12.7 Å². The van der Waals surface area contributed by atoms with Crippen molar-refractivity contribution in [2.45, 2.75) is 12.7 Å². The number of alkyl halides is 3. The van der Waals surface area contributed by atoms with Gasteiger partial charge in [-0.05, 0) is 17.7 Å². The van der Waals surface area contributed by atoms with Crippen LogP contribution >= 0.6 is 11.6 Å². The Morgan fingerprint density at radius 2 is 1.76 bits per heavy atom. The second kappa shape index (κ2) is 5.85. The lowest BCUT2D eigenvalue weighted by molar-refractivity contribution is -0.144. The van der Waals surface area contributed by atoms with Crippen molar-refractivity contribution in [3.05, 3.63) is 52.7 Å². The maximum atomic E-state index is 12.8. The molecule has 112 valence electrons. The number of anilines is 1. The number of hydrogen-bond acceptors (Lipinski definition) is 3. The Balaban J connectivity index is 2.24. The topological polar surface area (TPSA) is 29.0 Å². The van der Waals surface area contributed by atoms with Crippen LogP contribution < -0.4 is 4.90 Å². The zero-order valence-corrected chi connectivity index (χ0v) is 11.6. The van der Waals surface area contributed by atoms with E-state index in [9.17, 15) is 17.6 Å². The largest absolute Gasteiger partial charge is 0.451 e. The van der Waals surface area contributed by atoms with Gasteiger partial charge < -0.3 is 4.90 Å². The van der Waals surface area contributed by atoms with E-state index in [1.54, 1.807) is 19.2 Å². The summed E-state index contributed by atoms with van der Waals surface area (Å²) in [6.45, 7) is 0.255. The molecule has 0 aliphatic carbocycles. The molecule has 0 unspecified atom stereocenters. The third-order valence-corrected chi connectivity index (χ3v) is 2.85. The lowest BCUT2D eigenvalue weighted by atomic mass is 10.2. The highest BCUT2D eigenvalue weighted by atomic mass is 35.5. The van der Waals surface area contributed by atoms with Gasteiger partial charge in [-0.15, -0.1) is 0 Å². The van der Waals surface area contributed by atoms with Crippen molar-refractivity contribution in [2.24, 2.45) is 0 Å². The molecule has 0 amide bonds. The lowest BCUT2D eigenvalue weighted by Gasteiger charge is -2.19. The molecule has 1 aromatic carbocycles. The van der Waals surface area contributed by atoms with Crippen LogP contribution in [0, 0.1) is 5.82 Å². The molecule has 0 aliphatic rings. The van der Waals surface area contributed by atoms with Gasteiger partial charge in [0.1, 0.15) is 16.8 Å². The maximum Gasteiger partial charge on any atom is 0.451 e. The fourth-order valence-electron chi connectivity index (χ4n) is 1.67. The lowest BCUT2D eigenvalue weighted by Crippen LogP contribution is -2.20. The molecule has 0 atom stereocenters. The monoisotopic (exact) mass is 319 g/mol. The van der Waals surface area contributed by atoms with Crippen molar-refractivity contribution < 1.29 is 17.6 Å². The van der Waals surface area contributed by atoms with E-state index in [-0.39, 0.29) is 23.3 Å².